The lowest BCUT2D eigenvalue weighted by Gasteiger charge is -2.00. The second-order valence-electron chi connectivity index (χ2n) is 5.89. The largest absolute Gasteiger partial charge is 0.508 e. The molecule has 0 fully saturated rings. The number of hydrogen-bond donors (Lipinski definition) is 1. The Kier molecular flexibility index (Phi) is 6.85. The van der Waals surface area contributed by atoms with Crippen molar-refractivity contribution in [3.63, 3.8) is 0 Å². The molecule has 0 aliphatic carbocycles. The lowest BCUT2D eigenvalue weighted by atomic mass is 10.1. The van der Waals surface area contributed by atoms with Crippen molar-refractivity contribution in [3.8, 4) is 5.75 Å². The van der Waals surface area contributed by atoms with Crippen molar-refractivity contribution in [2.75, 3.05) is 0 Å². The molecule has 0 amide bonds. The molecule has 1 N–H and O–H groups in total. The van der Waals surface area contributed by atoms with Gasteiger partial charge in [-0.15, -0.1) is 0 Å². The molecule has 0 saturated heterocycles. The summed E-state index contributed by atoms with van der Waals surface area (Å²) < 4.78 is 5.21. The van der Waals surface area contributed by atoms with Crippen LogP contribution in [-0.4, -0.2) is 17.0 Å². The third-order valence-corrected chi connectivity index (χ3v) is 3.86. The smallest absolute Gasteiger partial charge is 0.363 e. The van der Waals surface area contributed by atoms with Crippen LogP contribution in [0.1, 0.15) is 63.9 Å². The van der Waals surface area contributed by atoms with E-state index in [0.717, 1.165) is 18.4 Å². The number of unbranched alkanes of at least 4 members (excludes halogenated alkanes) is 6. The highest BCUT2D eigenvalue weighted by molar-refractivity contribution is 6.07. The van der Waals surface area contributed by atoms with E-state index in [1.165, 1.54) is 32.1 Å². The van der Waals surface area contributed by atoms with E-state index in [2.05, 4.69) is 11.9 Å². The molecule has 0 atom stereocenters. The Labute approximate surface area is 137 Å². The maximum absolute atomic E-state index is 11.8. The minimum atomic E-state index is -0.393. The Balaban J connectivity index is 1.78. The standard InChI is InChI=1S/C19H25NO3/c1-2-3-4-5-6-7-8-9-18-20-17(19(22)23-18)14-15-10-12-16(21)13-11-15/h10-14,21H,2-9H2,1H3/b17-14-. The SMILES string of the molecule is CCCCCCCCCC1=N/C(=C\c2ccc(O)cc2)C(=O)O1. The molecule has 0 bridgehead atoms. The first-order chi connectivity index (χ1) is 11.2. The summed E-state index contributed by atoms with van der Waals surface area (Å²) in [6.45, 7) is 2.22. The number of aromatic hydroxyl groups is 1. The van der Waals surface area contributed by atoms with Crippen LogP contribution in [0.5, 0.6) is 5.75 Å². The van der Waals surface area contributed by atoms with Gasteiger partial charge in [0.1, 0.15) is 5.75 Å². The number of hydrogen-bond acceptors (Lipinski definition) is 4. The molecule has 1 aliphatic rings. The van der Waals surface area contributed by atoms with E-state index in [-0.39, 0.29) is 5.75 Å². The van der Waals surface area contributed by atoms with Gasteiger partial charge in [-0.05, 0) is 30.2 Å². The molecule has 124 valence electrons. The van der Waals surface area contributed by atoms with E-state index in [9.17, 15) is 9.90 Å². The Morgan fingerprint density at radius 3 is 2.39 bits per heavy atom. The van der Waals surface area contributed by atoms with Gasteiger partial charge >= 0.3 is 5.97 Å². The average Bonchev–Trinajstić information content (AvgIpc) is 2.88. The van der Waals surface area contributed by atoms with Gasteiger partial charge in [0.05, 0.1) is 0 Å². The molecule has 0 unspecified atom stereocenters. The topological polar surface area (TPSA) is 58.9 Å². The molecule has 4 heteroatoms. The van der Waals surface area contributed by atoms with Gasteiger partial charge in [0.15, 0.2) is 11.6 Å². The zero-order valence-corrected chi connectivity index (χ0v) is 13.8. The van der Waals surface area contributed by atoms with Gasteiger partial charge in [-0.2, -0.15) is 0 Å². The number of benzene rings is 1. The van der Waals surface area contributed by atoms with Crippen LogP contribution in [0.2, 0.25) is 0 Å². The van der Waals surface area contributed by atoms with E-state index in [4.69, 9.17) is 4.74 Å². The van der Waals surface area contributed by atoms with Gasteiger partial charge in [0.25, 0.3) is 0 Å². The van der Waals surface area contributed by atoms with Crippen molar-refractivity contribution < 1.29 is 14.6 Å². The summed E-state index contributed by atoms with van der Waals surface area (Å²) in [7, 11) is 0. The summed E-state index contributed by atoms with van der Waals surface area (Å²) in [5.74, 6) is 0.328. The Hall–Kier alpha value is -2.10. The molecule has 0 spiro atoms. The zero-order chi connectivity index (χ0) is 16.5. The number of phenols is 1. The normalized spacial score (nSPS) is 15.8. The number of esters is 1. The van der Waals surface area contributed by atoms with E-state index in [1.54, 1.807) is 30.3 Å². The molecule has 2 rings (SSSR count). The van der Waals surface area contributed by atoms with Crippen LogP contribution in [0.25, 0.3) is 6.08 Å². The molecule has 0 saturated carbocycles. The fourth-order valence-corrected chi connectivity index (χ4v) is 2.52. The predicted molar refractivity (Wildman–Crippen MR) is 92.2 cm³/mol. The average molecular weight is 315 g/mol. The Bertz CT molecular complexity index is 573. The van der Waals surface area contributed by atoms with Crippen LogP contribution in [0, 0.1) is 0 Å². The summed E-state index contributed by atoms with van der Waals surface area (Å²) in [6, 6.07) is 6.63. The predicted octanol–water partition coefficient (Wildman–Crippen LogP) is 4.83. The summed E-state index contributed by atoms with van der Waals surface area (Å²) in [4.78, 5) is 16.1. The lowest BCUT2D eigenvalue weighted by Crippen LogP contribution is -2.03. The molecule has 23 heavy (non-hydrogen) atoms. The van der Waals surface area contributed by atoms with Gasteiger partial charge in [-0.25, -0.2) is 9.79 Å². The van der Waals surface area contributed by atoms with Crippen molar-refractivity contribution >= 4 is 17.9 Å². The zero-order valence-electron chi connectivity index (χ0n) is 13.8. The number of phenolic OH excluding ortho intramolecular Hbond substituents is 1. The van der Waals surface area contributed by atoms with Gasteiger partial charge in [-0.3, -0.25) is 0 Å². The molecule has 1 heterocycles. The van der Waals surface area contributed by atoms with Crippen molar-refractivity contribution in [2.24, 2.45) is 4.99 Å². The van der Waals surface area contributed by atoms with Gasteiger partial charge < -0.3 is 9.84 Å². The van der Waals surface area contributed by atoms with Crippen molar-refractivity contribution in [3.05, 3.63) is 35.5 Å². The maximum Gasteiger partial charge on any atom is 0.363 e. The van der Waals surface area contributed by atoms with E-state index >= 15 is 0 Å². The molecular weight excluding hydrogens is 290 g/mol. The first kappa shape index (κ1) is 17.3. The molecule has 4 nitrogen and oxygen atoms in total. The number of carbonyl (C=O) groups excluding carboxylic acids is 1. The minimum Gasteiger partial charge on any atom is -0.508 e. The number of cyclic esters (lactones) is 1. The highest BCUT2D eigenvalue weighted by Gasteiger charge is 2.22. The van der Waals surface area contributed by atoms with Crippen molar-refractivity contribution in [1.29, 1.82) is 0 Å². The molecule has 0 aromatic heterocycles. The lowest BCUT2D eigenvalue weighted by molar-refractivity contribution is -0.130. The fraction of sp³-hybridized carbons (Fsp3) is 0.474. The van der Waals surface area contributed by atoms with E-state index in [0.29, 0.717) is 18.0 Å². The van der Waals surface area contributed by atoms with Crippen LogP contribution in [-0.2, 0) is 9.53 Å². The highest BCUT2D eigenvalue weighted by Crippen LogP contribution is 2.19. The minimum absolute atomic E-state index is 0.198. The van der Waals surface area contributed by atoms with Gasteiger partial charge in [0, 0.05) is 6.42 Å². The number of rotatable bonds is 9. The number of nitrogens with zero attached hydrogens (tertiary/aromatic N) is 1. The monoisotopic (exact) mass is 315 g/mol. The molecule has 1 aromatic carbocycles. The summed E-state index contributed by atoms with van der Waals surface area (Å²) in [5.41, 5.74) is 1.14. The summed E-state index contributed by atoms with van der Waals surface area (Å²) >= 11 is 0. The first-order valence-electron chi connectivity index (χ1n) is 8.49. The van der Waals surface area contributed by atoms with Crippen LogP contribution in [0.3, 0.4) is 0 Å². The number of ether oxygens (including phenoxy) is 1. The number of carbonyl (C=O) groups is 1. The van der Waals surface area contributed by atoms with Crippen molar-refractivity contribution in [1.82, 2.24) is 0 Å². The maximum atomic E-state index is 11.8. The molecule has 0 radical (unpaired) electrons. The van der Waals surface area contributed by atoms with E-state index in [1.807, 2.05) is 0 Å². The van der Waals surface area contributed by atoms with Crippen LogP contribution in [0.15, 0.2) is 35.0 Å². The third kappa shape index (κ3) is 5.89. The highest BCUT2D eigenvalue weighted by atomic mass is 16.6. The Morgan fingerprint density at radius 2 is 1.70 bits per heavy atom. The molecule has 1 aliphatic heterocycles. The third-order valence-electron chi connectivity index (χ3n) is 3.86. The summed E-state index contributed by atoms with van der Waals surface area (Å²) in [6.07, 6.45) is 11.0. The van der Waals surface area contributed by atoms with Crippen LogP contribution < -0.4 is 0 Å². The first-order valence-corrected chi connectivity index (χ1v) is 8.49. The number of aliphatic imine (C=N–C) groups is 1. The van der Waals surface area contributed by atoms with Crippen LogP contribution >= 0.6 is 0 Å². The van der Waals surface area contributed by atoms with Crippen LogP contribution in [0.4, 0.5) is 0 Å². The van der Waals surface area contributed by atoms with Gasteiger partial charge in [-0.1, -0.05) is 57.6 Å². The van der Waals surface area contributed by atoms with E-state index < -0.39 is 5.97 Å². The second-order valence-corrected chi connectivity index (χ2v) is 5.89. The van der Waals surface area contributed by atoms with Crippen molar-refractivity contribution in [2.45, 2.75) is 58.3 Å². The Morgan fingerprint density at radius 1 is 1.04 bits per heavy atom. The molecular formula is C19H25NO3. The fourth-order valence-electron chi connectivity index (χ4n) is 2.52. The summed E-state index contributed by atoms with van der Waals surface area (Å²) in [5, 5.41) is 9.26. The second kappa shape index (κ2) is 9.13. The quantitative estimate of drug-likeness (QED) is 0.403. The molecule has 1 aromatic rings. The van der Waals surface area contributed by atoms with Gasteiger partial charge in [0.2, 0.25) is 0 Å².